The van der Waals surface area contributed by atoms with Crippen molar-refractivity contribution in [3.63, 3.8) is 0 Å². The van der Waals surface area contributed by atoms with Crippen LogP contribution in [0.2, 0.25) is 0 Å². The largest absolute Gasteiger partial charge is 0.442 e. The number of urea groups is 1. The van der Waals surface area contributed by atoms with Gasteiger partial charge in [0, 0.05) is 31.0 Å². The third kappa shape index (κ3) is 4.35. The van der Waals surface area contributed by atoms with Crippen LogP contribution in [0, 0.1) is 0 Å². The van der Waals surface area contributed by atoms with E-state index in [0.29, 0.717) is 31.9 Å². The number of rotatable bonds is 6. The molecular formula is C21H22N4O4S. The van der Waals surface area contributed by atoms with Crippen LogP contribution in [0.15, 0.2) is 54.6 Å². The Bertz CT molecular complexity index is 938. The minimum absolute atomic E-state index is 0.0326. The van der Waals surface area contributed by atoms with Crippen LogP contribution in [0.25, 0.3) is 0 Å². The normalized spacial score (nSPS) is 18.7. The van der Waals surface area contributed by atoms with E-state index >= 15 is 0 Å². The predicted molar refractivity (Wildman–Crippen MR) is 116 cm³/mol. The van der Waals surface area contributed by atoms with E-state index in [1.54, 1.807) is 17.0 Å². The van der Waals surface area contributed by atoms with Gasteiger partial charge in [-0.15, -0.1) is 0 Å². The lowest BCUT2D eigenvalue weighted by Crippen LogP contribution is -2.32. The van der Waals surface area contributed by atoms with Crippen molar-refractivity contribution in [3.05, 3.63) is 60.2 Å². The summed E-state index contributed by atoms with van der Waals surface area (Å²) >= 11 is 3.64. The summed E-state index contributed by atoms with van der Waals surface area (Å²) in [5.74, 6) is 0. The molecule has 2 aliphatic rings. The Hall–Kier alpha value is -3.20. The molecule has 2 aliphatic heterocycles. The van der Waals surface area contributed by atoms with Gasteiger partial charge in [-0.3, -0.25) is 14.6 Å². The van der Waals surface area contributed by atoms with E-state index in [9.17, 15) is 14.4 Å². The van der Waals surface area contributed by atoms with Gasteiger partial charge in [0.05, 0.1) is 13.1 Å². The summed E-state index contributed by atoms with van der Waals surface area (Å²) < 4.78 is 5.26. The molecule has 1 N–H and O–H groups in total. The molecule has 30 heavy (non-hydrogen) atoms. The molecule has 2 aromatic rings. The number of carbonyl (C=O) groups is 3. The SMILES string of the molecule is O=C(S)NC[C@H]1CN(c2ccc(N3CCN(Cc4ccccc4)C3=O)cc2)C(=O)O1. The van der Waals surface area contributed by atoms with Crippen molar-refractivity contribution in [2.24, 2.45) is 0 Å². The van der Waals surface area contributed by atoms with Gasteiger partial charge in [-0.05, 0) is 29.8 Å². The zero-order chi connectivity index (χ0) is 21.1. The van der Waals surface area contributed by atoms with Crippen molar-refractivity contribution < 1.29 is 19.1 Å². The zero-order valence-corrected chi connectivity index (χ0v) is 17.1. The number of hydrogen-bond donors (Lipinski definition) is 2. The van der Waals surface area contributed by atoms with Gasteiger partial charge in [0.25, 0.3) is 5.24 Å². The number of anilines is 2. The number of cyclic esters (lactones) is 1. The predicted octanol–water partition coefficient (Wildman–Crippen LogP) is 3.09. The summed E-state index contributed by atoms with van der Waals surface area (Å²) in [6, 6.07) is 17.1. The summed E-state index contributed by atoms with van der Waals surface area (Å²) in [6.07, 6.45) is -0.896. The Morgan fingerprint density at radius 3 is 2.33 bits per heavy atom. The van der Waals surface area contributed by atoms with E-state index in [2.05, 4.69) is 17.9 Å². The molecule has 0 bridgehead atoms. The highest BCUT2D eigenvalue weighted by Gasteiger charge is 2.33. The fraction of sp³-hybridized carbons (Fsp3) is 0.286. The molecule has 0 saturated carbocycles. The quantitative estimate of drug-likeness (QED) is 0.696. The number of benzene rings is 2. The van der Waals surface area contributed by atoms with Crippen LogP contribution >= 0.6 is 12.6 Å². The Morgan fingerprint density at radius 2 is 1.67 bits per heavy atom. The molecule has 4 amide bonds. The van der Waals surface area contributed by atoms with E-state index < -0.39 is 17.4 Å². The lowest BCUT2D eigenvalue weighted by molar-refractivity contribution is 0.141. The van der Waals surface area contributed by atoms with Gasteiger partial charge in [0.2, 0.25) is 0 Å². The van der Waals surface area contributed by atoms with E-state index in [4.69, 9.17) is 4.74 Å². The van der Waals surface area contributed by atoms with E-state index in [1.165, 1.54) is 4.90 Å². The van der Waals surface area contributed by atoms with Crippen LogP contribution in [0.4, 0.5) is 25.8 Å². The van der Waals surface area contributed by atoms with Crippen LogP contribution in [-0.4, -0.2) is 54.5 Å². The van der Waals surface area contributed by atoms with Crippen molar-refractivity contribution in [1.29, 1.82) is 0 Å². The van der Waals surface area contributed by atoms with E-state index in [0.717, 1.165) is 11.3 Å². The molecule has 0 aromatic heterocycles. The molecule has 2 aromatic carbocycles. The fourth-order valence-electron chi connectivity index (χ4n) is 3.63. The van der Waals surface area contributed by atoms with E-state index in [1.807, 2.05) is 47.4 Å². The summed E-state index contributed by atoms with van der Waals surface area (Å²) in [6.45, 7) is 2.40. The number of nitrogens with zero attached hydrogens (tertiary/aromatic N) is 3. The number of amides is 4. The molecule has 0 unspecified atom stereocenters. The van der Waals surface area contributed by atoms with Crippen LogP contribution < -0.4 is 15.1 Å². The maximum Gasteiger partial charge on any atom is 0.414 e. The number of ether oxygens (including phenoxy) is 1. The molecule has 2 saturated heterocycles. The van der Waals surface area contributed by atoms with Crippen molar-refractivity contribution in [2.45, 2.75) is 12.6 Å². The first-order valence-corrected chi connectivity index (χ1v) is 10.1. The monoisotopic (exact) mass is 426 g/mol. The minimum atomic E-state index is -0.467. The van der Waals surface area contributed by atoms with Gasteiger partial charge < -0.3 is 15.0 Å². The highest BCUT2D eigenvalue weighted by atomic mass is 32.1. The molecule has 2 heterocycles. The Labute approximate surface area is 179 Å². The highest BCUT2D eigenvalue weighted by Crippen LogP contribution is 2.27. The Kier molecular flexibility index (Phi) is 5.80. The van der Waals surface area contributed by atoms with Gasteiger partial charge in [0.1, 0.15) is 6.10 Å². The minimum Gasteiger partial charge on any atom is -0.442 e. The average molecular weight is 426 g/mol. The Morgan fingerprint density at radius 1 is 1.00 bits per heavy atom. The molecule has 0 radical (unpaired) electrons. The number of thiol groups is 1. The fourth-order valence-corrected chi connectivity index (χ4v) is 3.72. The van der Waals surface area contributed by atoms with Crippen molar-refractivity contribution in [2.75, 3.05) is 36.0 Å². The topological polar surface area (TPSA) is 82.2 Å². The number of hydrogen-bond acceptors (Lipinski definition) is 4. The van der Waals surface area contributed by atoms with Gasteiger partial charge in [-0.25, -0.2) is 9.59 Å². The molecule has 8 nitrogen and oxygen atoms in total. The van der Waals surface area contributed by atoms with Crippen LogP contribution in [0.1, 0.15) is 5.56 Å². The third-order valence-corrected chi connectivity index (χ3v) is 5.30. The maximum atomic E-state index is 12.8. The van der Waals surface area contributed by atoms with Crippen molar-refractivity contribution in [3.8, 4) is 0 Å². The second-order valence-corrected chi connectivity index (χ2v) is 7.57. The first kappa shape index (κ1) is 20.1. The summed E-state index contributed by atoms with van der Waals surface area (Å²) in [5, 5.41) is 2.06. The lowest BCUT2D eigenvalue weighted by atomic mass is 10.2. The lowest BCUT2D eigenvalue weighted by Gasteiger charge is -2.20. The molecular weight excluding hydrogens is 404 g/mol. The van der Waals surface area contributed by atoms with Gasteiger partial charge in [-0.1, -0.05) is 43.0 Å². The summed E-state index contributed by atoms with van der Waals surface area (Å²) in [4.78, 5) is 40.9. The van der Waals surface area contributed by atoms with Crippen molar-refractivity contribution >= 4 is 41.4 Å². The summed E-state index contributed by atoms with van der Waals surface area (Å²) in [5.41, 5.74) is 2.56. The smallest absolute Gasteiger partial charge is 0.414 e. The average Bonchev–Trinajstić information content (AvgIpc) is 3.30. The first-order valence-electron chi connectivity index (χ1n) is 9.66. The standard InChI is InChI=1S/C21H22N4O4S/c26-19(30)22-12-18-14-25(21(28)29-18)17-8-6-16(7-9-17)24-11-10-23(20(24)27)13-15-4-2-1-3-5-15/h1-9,18H,10-14H2,(H2,22,26,30)/t18-/m0/s1. The van der Waals surface area contributed by atoms with Crippen LogP contribution in [-0.2, 0) is 11.3 Å². The molecule has 1 atom stereocenters. The van der Waals surface area contributed by atoms with Gasteiger partial charge in [0.15, 0.2) is 0 Å². The molecule has 9 heteroatoms. The highest BCUT2D eigenvalue weighted by molar-refractivity contribution is 7.96. The molecule has 0 aliphatic carbocycles. The molecule has 0 spiro atoms. The maximum absolute atomic E-state index is 12.8. The first-order chi connectivity index (χ1) is 14.5. The third-order valence-electron chi connectivity index (χ3n) is 5.14. The van der Waals surface area contributed by atoms with Crippen molar-refractivity contribution in [1.82, 2.24) is 10.2 Å². The molecule has 4 rings (SSSR count). The zero-order valence-electron chi connectivity index (χ0n) is 16.2. The molecule has 2 fully saturated rings. The van der Waals surface area contributed by atoms with Gasteiger partial charge >= 0.3 is 12.1 Å². The molecule has 156 valence electrons. The second-order valence-electron chi connectivity index (χ2n) is 7.16. The van der Waals surface area contributed by atoms with Crippen LogP contribution in [0.3, 0.4) is 0 Å². The van der Waals surface area contributed by atoms with E-state index in [-0.39, 0.29) is 12.6 Å². The Balaban J connectivity index is 1.38. The number of carbonyl (C=O) groups excluding carboxylic acids is 3. The van der Waals surface area contributed by atoms with Crippen LogP contribution in [0.5, 0.6) is 0 Å². The number of nitrogens with one attached hydrogen (secondary N) is 1. The summed E-state index contributed by atoms with van der Waals surface area (Å²) in [7, 11) is 0. The van der Waals surface area contributed by atoms with Gasteiger partial charge in [-0.2, -0.15) is 0 Å². The second kappa shape index (κ2) is 8.66.